The number of aryl methyl sites for hydroxylation is 1. The molecule has 0 heterocycles. The van der Waals surface area contributed by atoms with E-state index in [9.17, 15) is 9.59 Å². The van der Waals surface area contributed by atoms with Crippen molar-refractivity contribution in [1.82, 2.24) is 10.9 Å². The first-order valence-electron chi connectivity index (χ1n) is 9.45. The molecule has 2 aromatic carbocycles. The van der Waals surface area contributed by atoms with E-state index in [2.05, 4.69) is 24.7 Å². The van der Waals surface area contributed by atoms with Crippen LogP contribution in [0.3, 0.4) is 0 Å². The van der Waals surface area contributed by atoms with Crippen LogP contribution in [0.1, 0.15) is 44.2 Å². The van der Waals surface area contributed by atoms with Gasteiger partial charge >= 0.3 is 0 Å². The SMILES string of the molecule is CCC(Oc1ccccc1C)C(=O)NNC(=O)COc1ccccc1C(C)C. The smallest absolute Gasteiger partial charge is 0.279 e. The molecule has 2 amide bonds. The van der Waals surface area contributed by atoms with Crippen molar-refractivity contribution in [2.45, 2.75) is 46.1 Å². The number of nitrogens with one attached hydrogen (secondary N) is 2. The zero-order valence-corrected chi connectivity index (χ0v) is 16.8. The van der Waals surface area contributed by atoms with Crippen molar-refractivity contribution in [3.05, 3.63) is 59.7 Å². The van der Waals surface area contributed by atoms with Gasteiger partial charge in [0.15, 0.2) is 12.7 Å². The van der Waals surface area contributed by atoms with Gasteiger partial charge in [0.2, 0.25) is 0 Å². The number of hydrogen-bond acceptors (Lipinski definition) is 4. The first-order valence-corrected chi connectivity index (χ1v) is 9.45. The van der Waals surface area contributed by atoms with Gasteiger partial charge in [0, 0.05) is 0 Å². The first-order chi connectivity index (χ1) is 13.4. The Kier molecular flexibility index (Phi) is 7.87. The Labute approximate surface area is 166 Å². The van der Waals surface area contributed by atoms with Crippen LogP contribution in [0.25, 0.3) is 0 Å². The summed E-state index contributed by atoms with van der Waals surface area (Å²) in [6.07, 6.45) is -0.238. The highest BCUT2D eigenvalue weighted by Crippen LogP contribution is 2.25. The van der Waals surface area contributed by atoms with Crippen LogP contribution in [-0.2, 0) is 9.59 Å². The van der Waals surface area contributed by atoms with Gasteiger partial charge < -0.3 is 9.47 Å². The number of ether oxygens (including phenoxy) is 2. The van der Waals surface area contributed by atoms with Crippen molar-refractivity contribution < 1.29 is 19.1 Å². The Morgan fingerprint density at radius 3 is 2.25 bits per heavy atom. The molecule has 0 saturated carbocycles. The van der Waals surface area contributed by atoms with Crippen molar-refractivity contribution in [3.63, 3.8) is 0 Å². The molecule has 0 spiro atoms. The van der Waals surface area contributed by atoms with Crippen molar-refractivity contribution in [1.29, 1.82) is 0 Å². The van der Waals surface area contributed by atoms with E-state index in [1.165, 1.54) is 0 Å². The van der Waals surface area contributed by atoms with E-state index < -0.39 is 17.9 Å². The molecule has 6 heteroatoms. The van der Waals surface area contributed by atoms with E-state index in [4.69, 9.17) is 9.47 Å². The van der Waals surface area contributed by atoms with Crippen molar-refractivity contribution in [3.8, 4) is 11.5 Å². The molecule has 0 aliphatic carbocycles. The lowest BCUT2D eigenvalue weighted by atomic mass is 10.0. The molecule has 2 rings (SSSR count). The third kappa shape index (κ3) is 6.01. The lowest BCUT2D eigenvalue weighted by Gasteiger charge is -2.19. The van der Waals surface area contributed by atoms with Crippen molar-refractivity contribution >= 4 is 11.8 Å². The molecule has 150 valence electrons. The first kappa shape index (κ1) is 21.3. The number of hydrazine groups is 1. The average Bonchev–Trinajstić information content (AvgIpc) is 2.70. The highest BCUT2D eigenvalue weighted by molar-refractivity contribution is 5.85. The predicted molar refractivity (Wildman–Crippen MR) is 108 cm³/mol. The summed E-state index contributed by atoms with van der Waals surface area (Å²) in [6.45, 7) is 7.67. The van der Waals surface area contributed by atoms with E-state index in [0.29, 0.717) is 17.9 Å². The van der Waals surface area contributed by atoms with Crippen LogP contribution in [0.2, 0.25) is 0 Å². The van der Waals surface area contributed by atoms with Gasteiger partial charge in [0.05, 0.1) is 0 Å². The minimum Gasteiger partial charge on any atom is -0.483 e. The lowest BCUT2D eigenvalue weighted by Crippen LogP contribution is -2.49. The molecule has 6 nitrogen and oxygen atoms in total. The standard InChI is InChI=1S/C22H28N2O4/c1-5-18(28-19-12-8-6-10-16(19)4)22(26)24-23-21(25)14-27-20-13-9-7-11-17(20)15(2)3/h6-13,15,18H,5,14H2,1-4H3,(H,23,25)(H,24,26). The predicted octanol–water partition coefficient (Wildman–Crippen LogP) is 3.50. The van der Waals surface area contributed by atoms with Gasteiger partial charge in [0.1, 0.15) is 11.5 Å². The summed E-state index contributed by atoms with van der Waals surface area (Å²) in [5, 5.41) is 0. The summed E-state index contributed by atoms with van der Waals surface area (Å²) >= 11 is 0. The van der Waals surface area contributed by atoms with Crippen LogP contribution >= 0.6 is 0 Å². The van der Waals surface area contributed by atoms with Gasteiger partial charge in [-0.15, -0.1) is 0 Å². The fraction of sp³-hybridized carbons (Fsp3) is 0.364. The molecule has 0 fully saturated rings. The number of benzene rings is 2. The molecular formula is C22H28N2O4. The molecule has 28 heavy (non-hydrogen) atoms. The summed E-state index contributed by atoms with van der Waals surface area (Å²) < 4.78 is 11.4. The van der Waals surface area contributed by atoms with Crippen molar-refractivity contribution in [2.75, 3.05) is 6.61 Å². The summed E-state index contributed by atoms with van der Waals surface area (Å²) in [5.74, 6) is 0.722. The van der Waals surface area contributed by atoms with Crippen molar-refractivity contribution in [2.24, 2.45) is 0 Å². The van der Waals surface area contributed by atoms with E-state index in [-0.39, 0.29) is 12.5 Å². The number of hydrogen-bond donors (Lipinski definition) is 2. The largest absolute Gasteiger partial charge is 0.483 e. The number of rotatable bonds is 8. The second-order valence-corrected chi connectivity index (χ2v) is 6.80. The minimum atomic E-state index is -0.705. The topological polar surface area (TPSA) is 76.7 Å². The lowest BCUT2D eigenvalue weighted by molar-refractivity contribution is -0.134. The fourth-order valence-corrected chi connectivity index (χ4v) is 2.64. The monoisotopic (exact) mass is 384 g/mol. The summed E-state index contributed by atoms with van der Waals surface area (Å²) in [7, 11) is 0. The molecule has 2 N–H and O–H groups in total. The number of amides is 2. The van der Waals surface area contributed by atoms with Gasteiger partial charge in [-0.3, -0.25) is 20.4 Å². The minimum absolute atomic E-state index is 0.195. The maximum Gasteiger partial charge on any atom is 0.279 e. The van der Waals surface area contributed by atoms with Crippen LogP contribution < -0.4 is 20.3 Å². The second kappa shape index (κ2) is 10.3. The van der Waals surface area contributed by atoms with E-state index in [1.807, 2.05) is 62.4 Å². The maximum absolute atomic E-state index is 12.3. The number of carbonyl (C=O) groups excluding carboxylic acids is 2. The van der Waals surface area contributed by atoms with E-state index in [0.717, 1.165) is 11.1 Å². The van der Waals surface area contributed by atoms with Crippen LogP contribution in [0, 0.1) is 6.92 Å². The fourth-order valence-electron chi connectivity index (χ4n) is 2.64. The Balaban J connectivity index is 1.84. The summed E-state index contributed by atoms with van der Waals surface area (Å²) in [6, 6.07) is 15.1. The normalized spacial score (nSPS) is 11.6. The summed E-state index contributed by atoms with van der Waals surface area (Å²) in [5.41, 5.74) is 6.74. The number of carbonyl (C=O) groups is 2. The van der Waals surface area contributed by atoms with Crippen LogP contribution in [0.4, 0.5) is 0 Å². The van der Waals surface area contributed by atoms with Crippen LogP contribution in [-0.4, -0.2) is 24.5 Å². The van der Waals surface area contributed by atoms with Gasteiger partial charge in [0.25, 0.3) is 11.8 Å². The van der Waals surface area contributed by atoms with Crippen LogP contribution in [0.15, 0.2) is 48.5 Å². The zero-order valence-electron chi connectivity index (χ0n) is 16.8. The Bertz CT molecular complexity index is 805. The molecule has 0 bridgehead atoms. The molecule has 0 aliphatic rings. The molecule has 2 aromatic rings. The van der Waals surface area contributed by atoms with E-state index >= 15 is 0 Å². The Hall–Kier alpha value is -3.02. The maximum atomic E-state index is 12.3. The molecule has 1 atom stereocenters. The second-order valence-electron chi connectivity index (χ2n) is 6.80. The van der Waals surface area contributed by atoms with Crippen LogP contribution in [0.5, 0.6) is 11.5 Å². The average molecular weight is 384 g/mol. The Morgan fingerprint density at radius 2 is 1.61 bits per heavy atom. The quantitative estimate of drug-likeness (QED) is 0.683. The molecule has 1 unspecified atom stereocenters. The molecule has 0 aromatic heterocycles. The van der Waals surface area contributed by atoms with E-state index in [1.54, 1.807) is 0 Å². The number of para-hydroxylation sites is 2. The Morgan fingerprint density at radius 1 is 0.964 bits per heavy atom. The molecule has 0 aliphatic heterocycles. The highest BCUT2D eigenvalue weighted by Gasteiger charge is 2.20. The third-order valence-electron chi connectivity index (χ3n) is 4.25. The van der Waals surface area contributed by atoms with Gasteiger partial charge in [-0.05, 0) is 42.5 Å². The summed E-state index contributed by atoms with van der Waals surface area (Å²) in [4.78, 5) is 24.4. The zero-order chi connectivity index (χ0) is 20.5. The molecule has 0 saturated heterocycles. The van der Waals surface area contributed by atoms with Gasteiger partial charge in [-0.25, -0.2) is 0 Å². The highest BCUT2D eigenvalue weighted by atomic mass is 16.5. The molecule has 0 radical (unpaired) electrons. The van der Waals surface area contributed by atoms with Gasteiger partial charge in [-0.2, -0.15) is 0 Å². The molecular weight excluding hydrogens is 356 g/mol. The third-order valence-corrected chi connectivity index (χ3v) is 4.25. The van der Waals surface area contributed by atoms with Gasteiger partial charge in [-0.1, -0.05) is 57.2 Å².